The SMILES string of the molecule is CN(C)C=CC(=O)c1cc([N+](=O)[O-])ccc1O.[NaH]. The quantitative estimate of drug-likeness (QED) is 0.286. The van der Waals surface area contributed by atoms with Crippen LogP contribution in [-0.4, -0.2) is 64.4 Å². The van der Waals surface area contributed by atoms with Crippen LogP contribution in [0, 0.1) is 10.1 Å². The van der Waals surface area contributed by atoms with E-state index in [2.05, 4.69) is 0 Å². The van der Waals surface area contributed by atoms with E-state index in [4.69, 9.17) is 0 Å². The number of benzene rings is 1. The molecule has 1 aromatic rings. The molecule has 1 rings (SSSR count). The normalized spacial score (nSPS) is 9.89. The number of phenolic OH excluding ortho intramolecular Hbond substituents is 1. The third-order valence-electron chi connectivity index (χ3n) is 1.98. The van der Waals surface area contributed by atoms with Gasteiger partial charge in [0.15, 0.2) is 5.78 Å². The van der Waals surface area contributed by atoms with E-state index in [-0.39, 0.29) is 46.6 Å². The van der Waals surface area contributed by atoms with Crippen molar-refractivity contribution in [3.8, 4) is 5.75 Å². The van der Waals surface area contributed by atoms with Crippen molar-refractivity contribution in [3.63, 3.8) is 0 Å². The molecule has 6 nitrogen and oxygen atoms in total. The van der Waals surface area contributed by atoms with Crippen LogP contribution >= 0.6 is 0 Å². The number of phenols is 1. The summed E-state index contributed by atoms with van der Waals surface area (Å²) in [7, 11) is 3.47. The summed E-state index contributed by atoms with van der Waals surface area (Å²) in [6.45, 7) is 0. The number of carbonyl (C=O) groups excluding carboxylic acids is 1. The number of rotatable bonds is 4. The van der Waals surface area contributed by atoms with Gasteiger partial charge in [0, 0.05) is 38.5 Å². The van der Waals surface area contributed by atoms with Gasteiger partial charge < -0.3 is 10.0 Å². The van der Waals surface area contributed by atoms with Crippen LogP contribution in [0.15, 0.2) is 30.5 Å². The van der Waals surface area contributed by atoms with Gasteiger partial charge in [-0.1, -0.05) is 0 Å². The molecule has 7 heteroatoms. The molecule has 1 N–H and O–H groups in total. The van der Waals surface area contributed by atoms with E-state index in [1.807, 2.05) is 0 Å². The van der Waals surface area contributed by atoms with E-state index < -0.39 is 10.7 Å². The van der Waals surface area contributed by atoms with Gasteiger partial charge in [0.1, 0.15) is 5.75 Å². The minimum atomic E-state index is -0.619. The fourth-order valence-electron chi connectivity index (χ4n) is 1.14. The van der Waals surface area contributed by atoms with Crippen molar-refractivity contribution < 1.29 is 14.8 Å². The summed E-state index contributed by atoms with van der Waals surface area (Å²) in [5.41, 5.74) is -0.318. The van der Waals surface area contributed by atoms with E-state index in [9.17, 15) is 20.0 Å². The molecule has 0 amide bonds. The van der Waals surface area contributed by atoms with E-state index in [1.54, 1.807) is 19.0 Å². The Morgan fingerprint density at radius 2 is 2.06 bits per heavy atom. The molecule has 0 spiro atoms. The number of nitro groups is 1. The minimum absolute atomic E-state index is 0. The zero-order valence-electron chi connectivity index (χ0n) is 9.45. The van der Waals surface area contributed by atoms with Crippen LogP contribution < -0.4 is 0 Å². The van der Waals surface area contributed by atoms with Crippen LogP contribution in [0.1, 0.15) is 10.4 Å². The second-order valence-electron chi connectivity index (χ2n) is 3.60. The first kappa shape index (κ1) is 16.6. The van der Waals surface area contributed by atoms with Gasteiger partial charge in [-0.25, -0.2) is 0 Å². The van der Waals surface area contributed by atoms with Crippen LogP contribution in [0.4, 0.5) is 5.69 Å². The molecule has 92 valence electrons. The average molecular weight is 260 g/mol. The Morgan fingerprint density at radius 3 is 2.56 bits per heavy atom. The Hall–Kier alpha value is -1.37. The Morgan fingerprint density at radius 1 is 1.44 bits per heavy atom. The number of aromatic hydroxyl groups is 1. The van der Waals surface area contributed by atoms with Crippen molar-refractivity contribution in [1.82, 2.24) is 4.90 Å². The third-order valence-corrected chi connectivity index (χ3v) is 1.98. The van der Waals surface area contributed by atoms with Gasteiger partial charge in [0.05, 0.1) is 10.5 Å². The van der Waals surface area contributed by atoms with Crippen molar-refractivity contribution in [2.45, 2.75) is 0 Å². The summed E-state index contributed by atoms with van der Waals surface area (Å²) < 4.78 is 0. The van der Waals surface area contributed by atoms with Gasteiger partial charge in [-0.05, 0) is 6.07 Å². The molecule has 0 aliphatic carbocycles. The molecule has 0 saturated heterocycles. The van der Waals surface area contributed by atoms with Crippen LogP contribution in [0.5, 0.6) is 5.75 Å². The van der Waals surface area contributed by atoms with Gasteiger partial charge in [-0.3, -0.25) is 14.9 Å². The maximum atomic E-state index is 11.6. The van der Waals surface area contributed by atoms with Crippen LogP contribution in [0.3, 0.4) is 0 Å². The average Bonchev–Trinajstić information content (AvgIpc) is 2.26. The Labute approximate surface area is 126 Å². The molecule has 0 bridgehead atoms. The van der Waals surface area contributed by atoms with Gasteiger partial charge in [0.25, 0.3) is 5.69 Å². The Kier molecular flexibility index (Phi) is 6.61. The van der Waals surface area contributed by atoms with E-state index >= 15 is 0 Å². The summed E-state index contributed by atoms with van der Waals surface area (Å²) in [6.07, 6.45) is 2.74. The topological polar surface area (TPSA) is 83.7 Å². The molecule has 0 radical (unpaired) electrons. The van der Waals surface area contributed by atoms with Gasteiger partial charge >= 0.3 is 29.6 Å². The van der Waals surface area contributed by atoms with E-state index in [0.29, 0.717) is 0 Å². The van der Waals surface area contributed by atoms with Crippen LogP contribution in [0.25, 0.3) is 0 Å². The number of hydrogen-bond donors (Lipinski definition) is 1. The summed E-state index contributed by atoms with van der Waals surface area (Å²) >= 11 is 0. The second kappa shape index (κ2) is 7.15. The molecule has 0 aromatic heterocycles. The van der Waals surface area contributed by atoms with E-state index in [1.165, 1.54) is 12.3 Å². The summed E-state index contributed by atoms with van der Waals surface area (Å²) in [5, 5.41) is 20.0. The van der Waals surface area contributed by atoms with Crippen LogP contribution in [0.2, 0.25) is 0 Å². The predicted molar refractivity (Wildman–Crippen MR) is 69.1 cm³/mol. The Balaban J connectivity index is 0.00000289. The van der Waals surface area contributed by atoms with Crippen molar-refractivity contribution >= 4 is 41.0 Å². The zero-order chi connectivity index (χ0) is 13.0. The Bertz CT molecular complexity index is 486. The summed E-state index contributed by atoms with van der Waals surface area (Å²) in [6, 6.07) is 3.33. The summed E-state index contributed by atoms with van der Waals surface area (Å²) in [4.78, 5) is 23.2. The third kappa shape index (κ3) is 4.48. The van der Waals surface area contributed by atoms with Gasteiger partial charge in [-0.2, -0.15) is 0 Å². The van der Waals surface area contributed by atoms with Crippen LogP contribution in [-0.2, 0) is 0 Å². The number of hydrogen-bond acceptors (Lipinski definition) is 5. The fourth-order valence-corrected chi connectivity index (χ4v) is 1.14. The molecule has 0 fully saturated rings. The summed E-state index contributed by atoms with van der Waals surface area (Å²) in [5.74, 6) is -0.760. The molecular weight excluding hydrogens is 247 g/mol. The molecule has 1 aromatic carbocycles. The standard InChI is InChI=1S/C11H12N2O4.Na.H/c1-12(2)6-5-11(15)9-7-8(13(16)17)3-4-10(9)14;;/h3-7,14H,1-2H3;;. The van der Waals surface area contributed by atoms with Crippen molar-refractivity contribution in [3.05, 3.63) is 46.2 Å². The first-order valence-corrected chi connectivity index (χ1v) is 4.78. The molecule has 0 unspecified atom stereocenters. The number of ketones is 1. The van der Waals surface area contributed by atoms with Crippen molar-refractivity contribution in [2.24, 2.45) is 0 Å². The first-order chi connectivity index (χ1) is 7.91. The van der Waals surface area contributed by atoms with Gasteiger partial charge in [0.2, 0.25) is 0 Å². The molecule has 18 heavy (non-hydrogen) atoms. The number of allylic oxidation sites excluding steroid dienone is 1. The second-order valence-corrected chi connectivity index (χ2v) is 3.60. The van der Waals surface area contributed by atoms with Gasteiger partial charge in [-0.15, -0.1) is 0 Å². The number of carbonyl (C=O) groups is 1. The fraction of sp³-hybridized carbons (Fsp3) is 0.182. The van der Waals surface area contributed by atoms with E-state index in [0.717, 1.165) is 18.2 Å². The number of nitrogens with zero attached hydrogens (tertiary/aromatic N) is 2. The maximum absolute atomic E-state index is 11.6. The monoisotopic (exact) mass is 260 g/mol. The predicted octanol–water partition coefficient (Wildman–Crippen LogP) is 0.910. The van der Waals surface area contributed by atoms with Crippen molar-refractivity contribution in [2.75, 3.05) is 14.1 Å². The molecule has 0 aliphatic heterocycles. The first-order valence-electron chi connectivity index (χ1n) is 4.78. The molecule has 0 saturated carbocycles. The zero-order valence-corrected chi connectivity index (χ0v) is 9.45. The molecular formula is C11H13N2NaO4. The number of nitro benzene ring substituents is 1. The molecule has 0 aliphatic rings. The molecule has 0 heterocycles. The molecule has 0 atom stereocenters. The van der Waals surface area contributed by atoms with Crippen molar-refractivity contribution in [1.29, 1.82) is 0 Å². The number of non-ortho nitro benzene ring substituents is 1.